The molecule has 0 aromatic heterocycles. The number of piperazine rings is 1. The fourth-order valence-electron chi connectivity index (χ4n) is 3.28. The highest BCUT2D eigenvalue weighted by atomic mass is 16.7. The van der Waals surface area contributed by atoms with Crippen molar-refractivity contribution in [2.24, 2.45) is 5.16 Å². The van der Waals surface area contributed by atoms with Crippen molar-refractivity contribution in [3.05, 3.63) is 29.8 Å². The van der Waals surface area contributed by atoms with Crippen LogP contribution in [0.1, 0.15) is 25.8 Å². The van der Waals surface area contributed by atoms with Gasteiger partial charge < -0.3 is 19.4 Å². The topological polar surface area (TPSA) is 54.4 Å². The van der Waals surface area contributed by atoms with E-state index in [0.717, 1.165) is 49.7 Å². The summed E-state index contributed by atoms with van der Waals surface area (Å²) in [5.74, 6) is 0.764. The molecule has 0 aliphatic carbocycles. The van der Waals surface area contributed by atoms with E-state index in [-0.39, 0.29) is 5.91 Å². The van der Waals surface area contributed by atoms with Gasteiger partial charge in [0, 0.05) is 38.2 Å². The third-order valence-corrected chi connectivity index (χ3v) is 4.84. The second-order valence-corrected chi connectivity index (χ2v) is 6.46. The van der Waals surface area contributed by atoms with E-state index in [9.17, 15) is 4.79 Å². The van der Waals surface area contributed by atoms with Crippen LogP contribution in [0, 0.1) is 0 Å². The monoisotopic (exact) mass is 331 g/mol. The Morgan fingerprint density at radius 2 is 2.00 bits per heavy atom. The van der Waals surface area contributed by atoms with Crippen LogP contribution in [0.5, 0.6) is 5.75 Å². The molecule has 0 bridgehead atoms. The molecule has 1 unspecified atom stereocenters. The van der Waals surface area contributed by atoms with Gasteiger partial charge in [-0.15, -0.1) is 0 Å². The molecule has 6 nitrogen and oxygen atoms in total. The zero-order chi connectivity index (χ0) is 17.2. The minimum Gasteiger partial charge on any atom is -0.496 e. The smallest absolute Gasteiger partial charge is 0.269 e. The summed E-state index contributed by atoms with van der Waals surface area (Å²) >= 11 is 0. The van der Waals surface area contributed by atoms with E-state index in [1.807, 2.05) is 36.1 Å². The minimum absolute atomic E-state index is 0.0203. The van der Waals surface area contributed by atoms with Crippen LogP contribution in [0.2, 0.25) is 0 Å². The van der Waals surface area contributed by atoms with Crippen molar-refractivity contribution < 1.29 is 14.4 Å². The van der Waals surface area contributed by atoms with Gasteiger partial charge in [0.1, 0.15) is 5.75 Å². The molecule has 1 aromatic rings. The highest BCUT2D eigenvalue weighted by Gasteiger charge is 2.45. The van der Waals surface area contributed by atoms with Gasteiger partial charge in [0.25, 0.3) is 5.91 Å². The lowest BCUT2D eigenvalue weighted by molar-refractivity contribution is -0.155. The Morgan fingerprint density at radius 1 is 1.29 bits per heavy atom. The maximum Gasteiger partial charge on any atom is 0.269 e. The van der Waals surface area contributed by atoms with E-state index >= 15 is 0 Å². The number of para-hydroxylation sites is 1. The number of carbonyl (C=O) groups is 1. The van der Waals surface area contributed by atoms with Crippen LogP contribution in [0.25, 0.3) is 0 Å². The molecule has 0 radical (unpaired) electrons. The van der Waals surface area contributed by atoms with E-state index in [1.165, 1.54) is 0 Å². The van der Waals surface area contributed by atoms with Gasteiger partial charge in [0.15, 0.2) is 0 Å². The van der Waals surface area contributed by atoms with Crippen LogP contribution in [0.3, 0.4) is 0 Å². The Hall–Kier alpha value is -2.08. The molecule has 6 heteroatoms. The summed E-state index contributed by atoms with van der Waals surface area (Å²) in [5, 5.41) is 4.19. The van der Waals surface area contributed by atoms with Crippen molar-refractivity contribution in [1.29, 1.82) is 0 Å². The van der Waals surface area contributed by atoms with Crippen molar-refractivity contribution in [3.8, 4) is 5.75 Å². The number of rotatable bonds is 4. The average Bonchev–Trinajstić information content (AvgIpc) is 3.04. The quantitative estimate of drug-likeness (QED) is 0.843. The summed E-state index contributed by atoms with van der Waals surface area (Å²) in [6.07, 6.45) is 0.459. The van der Waals surface area contributed by atoms with Crippen LogP contribution >= 0.6 is 0 Å². The summed E-state index contributed by atoms with van der Waals surface area (Å²) in [6.45, 7) is 8.32. The maximum atomic E-state index is 12.9. The Labute approximate surface area is 143 Å². The lowest BCUT2D eigenvalue weighted by Gasteiger charge is -2.37. The number of benzene rings is 1. The van der Waals surface area contributed by atoms with Gasteiger partial charge >= 0.3 is 0 Å². The van der Waals surface area contributed by atoms with E-state index in [2.05, 4.69) is 17.0 Å². The second-order valence-electron chi connectivity index (χ2n) is 6.46. The van der Waals surface area contributed by atoms with Gasteiger partial charge in [-0.3, -0.25) is 4.79 Å². The zero-order valence-electron chi connectivity index (χ0n) is 14.6. The number of oxime groups is 1. The summed E-state index contributed by atoms with van der Waals surface area (Å²) in [7, 11) is 1.63. The lowest BCUT2D eigenvalue weighted by Crippen LogP contribution is -2.54. The first-order chi connectivity index (χ1) is 11.6. The van der Waals surface area contributed by atoms with Gasteiger partial charge in [-0.05, 0) is 25.6 Å². The molecule has 2 heterocycles. The van der Waals surface area contributed by atoms with E-state index in [4.69, 9.17) is 9.57 Å². The van der Waals surface area contributed by atoms with Crippen molar-refractivity contribution in [2.75, 3.05) is 39.8 Å². The molecule has 2 aliphatic heterocycles. The maximum absolute atomic E-state index is 12.9. The highest BCUT2D eigenvalue weighted by molar-refractivity contribution is 6.07. The van der Waals surface area contributed by atoms with Crippen LogP contribution in [0.15, 0.2) is 29.4 Å². The van der Waals surface area contributed by atoms with Crippen LogP contribution in [-0.4, -0.2) is 66.9 Å². The number of carbonyl (C=O) groups excluding carboxylic acids is 1. The Morgan fingerprint density at radius 3 is 2.67 bits per heavy atom. The van der Waals surface area contributed by atoms with Crippen LogP contribution in [-0.2, 0) is 9.63 Å². The number of methoxy groups -OCH3 is 1. The minimum atomic E-state index is -0.926. The summed E-state index contributed by atoms with van der Waals surface area (Å²) < 4.78 is 5.39. The summed E-state index contributed by atoms with van der Waals surface area (Å²) in [5.41, 5.74) is 0.715. The van der Waals surface area contributed by atoms with Gasteiger partial charge in [-0.25, -0.2) is 0 Å². The first-order valence-electron chi connectivity index (χ1n) is 8.47. The zero-order valence-corrected chi connectivity index (χ0v) is 14.6. The molecule has 1 amide bonds. The fraction of sp³-hybridized carbons (Fsp3) is 0.556. The first kappa shape index (κ1) is 16.8. The van der Waals surface area contributed by atoms with Gasteiger partial charge in [0.05, 0.1) is 12.8 Å². The van der Waals surface area contributed by atoms with Crippen LogP contribution in [0.4, 0.5) is 0 Å². The first-order valence-corrected chi connectivity index (χ1v) is 8.47. The normalized spacial score (nSPS) is 24.5. The van der Waals surface area contributed by atoms with Gasteiger partial charge in [-0.1, -0.05) is 24.2 Å². The molecule has 0 saturated carbocycles. The molecule has 3 rings (SSSR count). The lowest BCUT2D eigenvalue weighted by atomic mass is 9.94. The number of likely N-dealkylation sites (N-methyl/N-ethyl adjacent to an activating group) is 1. The van der Waals surface area contributed by atoms with Crippen molar-refractivity contribution in [1.82, 2.24) is 9.80 Å². The predicted molar refractivity (Wildman–Crippen MR) is 92.3 cm³/mol. The molecular formula is C18H25N3O3. The van der Waals surface area contributed by atoms with E-state index in [0.29, 0.717) is 6.42 Å². The third kappa shape index (κ3) is 3.11. The number of amides is 1. The molecule has 0 spiro atoms. The standard InChI is InChI=1S/C18H25N3O3/c1-4-20-9-11-21(12-10-20)17(22)18(2)13-15(19-24-18)14-7-5-6-8-16(14)23-3/h5-8H,4,9-13H2,1-3H3. The Balaban J connectivity index is 1.69. The van der Waals surface area contributed by atoms with Gasteiger partial charge in [0.2, 0.25) is 5.60 Å². The Kier molecular flexibility index (Phi) is 4.76. The predicted octanol–water partition coefficient (Wildman–Crippen LogP) is 1.74. The number of hydrogen-bond donors (Lipinski definition) is 0. The molecule has 2 aliphatic rings. The van der Waals surface area contributed by atoms with E-state index in [1.54, 1.807) is 7.11 Å². The number of ether oxygens (including phenoxy) is 1. The summed E-state index contributed by atoms with van der Waals surface area (Å²) in [6, 6.07) is 7.68. The molecular weight excluding hydrogens is 306 g/mol. The molecule has 1 fully saturated rings. The molecule has 1 aromatic carbocycles. The molecule has 130 valence electrons. The largest absolute Gasteiger partial charge is 0.496 e. The van der Waals surface area contributed by atoms with Crippen molar-refractivity contribution in [2.45, 2.75) is 25.9 Å². The molecule has 24 heavy (non-hydrogen) atoms. The highest BCUT2D eigenvalue weighted by Crippen LogP contribution is 2.31. The fourth-order valence-corrected chi connectivity index (χ4v) is 3.28. The van der Waals surface area contributed by atoms with Crippen molar-refractivity contribution >= 4 is 11.6 Å². The van der Waals surface area contributed by atoms with Crippen LogP contribution < -0.4 is 4.74 Å². The van der Waals surface area contributed by atoms with Gasteiger partial charge in [-0.2, -0.15) is 0 Å². The average molecular weight is 331 g/mol. The van der Waals surface area contributed by atoms with E-state index < -0.39 is 5.60 Å². The third-order valence-electron chi connectivity index (χ3n) is 4.84. The number of nitrogens with zero attached hydrogens (tertiary/aromatic N) is 3. The second kappa shape index (κ2) is 6.81. The molecule has 0 N–H and O–H groups in total. The van der Waals surface area contributed by atoms with Crippen molar-refractivity contribution in [3.63, 3.8) is 0 Å². The Bertz CT molecular complexity index is 638. The summed E-state index contributed by atoms with van der Waals surface area (Å²) in [4.78, 5) is 22.8. The molecule has 1 atom stereocenters. The SMILES string of the molecule is CCN1CCN(C(=O)C2(C)CC(c3ccccc3OC)=NO2)CC1. The molecule has 1 saturated heterocycles. The number of hydrogen-bond acceptors (Lipinski definition) is 5.